The molecule has 1 saturated heterocycles. The second kappa shape index (κ2) is 7.42. The van der Waals surface area contributed by atoms with E-state index >= 15 is 0 Å². The highest BCUT2D eigenvalue weighted by Crippen LogP contribution is 2.24. The van der Waals surface area contributed by atoms with Crippen LogP contribution in [0.2, 0.25) is 0 Å². The van der Waals surface area contributed by atoms with Crippen molar-refractivity contribution in [2.24, 2.45) is 5.92 Å². The molecule has 1 aliphatic heterocycles. The maximum absolute atomic E-state index is 12.2. The van der Waals surface area contributed by atoms with E-state index in [1.165, 1.54) is 4.31 Å². The number of hydrogen-bond acceptors (Lipinski definition) is 5. The summed E-state index contributed by atoms with van der Waals surface area (Å²) >= 11 is 0. The number of hydrogen-bond donors (Lipinski definition) is 0. The molecule has 9 heteroatoms. The van der Waals surface area contributed by atoms with E-state index in [4.69, 9.17) is 0 Å². The predicted molar refractivity (Wildman–Crippen MR) is 99.6 cm³/mol. The van der Waals surface area contributed by atoms with Crippen molar-refractivity contribution < 1.29 is 8.42 Å². The van der Waals surface area contributed by atoms with E-state index < -0.39 is 10.2 Å². The Morgan fingerprint density at radius 2 is 2.04 bits per heavy atom. The van der Waals surface area contributed by atoms with Gasteiger partial charge in [0, 0.05) is 45.6 Å². The lowest BCUT2D eigenvalue weighted by molar-refractivity contribution is 0.409. The lowest BCUT2D eigenvalue weighted by atomic mass is 10.0. The molecule has 1 aliphatic rings. The predicted octanol–water partition coefficient (Wildman–Crippen LogP) is 1.59. The molecule has 0 bridgehead atoms. The lowest BCUT2D eigenvalue weighted by Gasteiger charge is -2.20. The van der Waals surface area contributed by atoms with Crippen molar-refractivity contribution in [3.05, 3.63) is 30.4 Å². The number of rotatable bonds is 6. The van der Waals surface area contributed by atoms with Crippen LogP contribution >= 0.6 is 0 Å². The molecule has 0 radical (unpaired) electrons. The Kier molecular flexibility index (Phi) is 5.40. The summed E-state index contributed by atoms with van der Waals surface area (Å²) in [5.41, 5.74) is 2.63. The van der Waals surface area contributed by atoms with Gasteiger partial charge in [-0.05, 0) is 38.7 Å². The molecule has 1 atom stereocenters. The highest BCUT2D eigenvalue weighted by atomic mass is 32.2. The van der Waals surface area contributed by atoms with Gasteiger partial charge in [-0.25, -0.2) is 0 Å². The Labute approximate surface area is 155 Å². The quantitative estimate of drug-likeness (QED) is 0.762. The minimum absolute atomic E-state index is 0.254. The van der Waals surface area contributed by atoms with Gasteiger partial charge in [0.05, 0.1) is 17.6 Å². The topological polar surface area (TPSA) is 84.2 Å². The van der Waals surface area contributed by atoms with Crippen LogP contribution in [0.25, 0.3) is 11.4 Å². The molecule has 0 aliphatic carbocycles. The first-order valence-electron chi connectivity index (χ1n) is 8.81. The molecular formula is C17H26N6O2S. The van der Waals surface area contributed by atoms with E-state index in [0.717, 1.165) is 29.9 Å². The highest BCUT2D eigenvalue weighted by molar-refractivity contribution is 7.86. The first-order valence-corrected chi connectivity index (χ1v) is 10.2. The molecule has 3 rings (SSSR count). The van der Waals surface area contributed by atoms with Gasteiger partial charge in [0.25, 0.3) is 10.2 Å². The van der Waals surface area contributed by atoms with Crippen LogP contribution in [0.1, 0.15) is 32.0 Å². The fourth-order valence-corrected chi connectivity index (χ4v) is 4.42. The smallest absolute Gasteiger partial charge is 0.261 e. The Balaban J connectivity index is 1.66. The van der Waals surface area contributed by atoms with Gasteiger partial charge in [-0.1, -0.05) is 0 Å². The molecule has 26 heavy (non-hydrogen) atoms. The molecule has 0 N–H and O–H groups in total. The van der Waals surface area contributed by atoms with Crippen molar-refractivity contribution in [3.63, 3.8) is 0 Å². The van der Waals surface area contributed by atoms with Crippen LogP contribution in [0.5, 0.6) is 0 Å². The van der Waals surface area contributed by atoms with Crippen LogP contribution in [-0.2, 0) is 16.6 Å². The zero-order valence-corrected chi connectivity index (χ0v) is 16.5. The van der Waals surface area contributed by atoms with Gasteiger partial charge in [0.2, 0.25) is 0 Å². The first kappa shape index (κ1) is 18.9. The average molecular weight is 379 g/mol. The second-order valence-electron chi connectivity index (χ2n) is 7.15. The summed E-state index contributed by atoms with van der Waals surface area (Å²) < 4.78 is 29.1. The fourth-order valence-electron chi connectivity index (χ4n) is 3.22. The molecule has 2 aromatic rings. The van der Waals surface area contributed by atoms with E-state index in [9.17, 15) is 8.42 Å². The van der Waals surface area contributed by atoms with Crippen molar-refractivity contribution in [1.29, 1.82) is 0 Å². The lowest BCUT2D eigenvalue weighted by Crippen LogP contribution is -2.38. The van der Waals surface area contributed by atoms with Crippen LogP contribution in [0.4, 0.5) is 0 Å². The Hall–Kier alpha value is -1.84. The number of aromatic nitrogens is 4. The molecule has 8 nitrogen and oxygen atoms in total. The monoisotopic (exact) mass is 378 g/mol. The zero-order chi connectivity index (χ0) is 18.9. The molecule has 2 aromatic heterocycles. The minimum Gasteiger partial charge on any atom is -0.261 e. The standard InChI is InChI=1S/C17H26N6O2S/c1-13(2)23-17(5-7-20-23)16-11-18-15(10-19-16)9-14-6-8-22(12-14)26(24,25)21(3)4/h5,7,10-11,13-14H,6,8-9,12H2,1-4H3. The van der Waals surface area contributed by atoms with Gasteiger partial charge in [0.15, 0.2) is 0 Å². The van der Waals surface area contributed by atoms with Crippen molar-refractivity contribution in [3.8, 4) is 11.4 Å². The maximum Gasteiger partial charge on any atom is 0.281 e. The SMILES string of the molecule is CC(C)n1nccc1-c1cnc(CC2CCN(S(=O)(=O)N(C)C)C2)cn1. The third kappa shape index (κ3) is 3.79. The summed E-state index contributed by atoms with van der Waals surface area (Å²) in [5.74, 6) is 0.270. The van der Waals surface area contributed by atoms with E-state index in [-0.39, 0.29) is 12.0 Å². The molecule has 0 saturated carbocycles. The number of nitrogens with zero attached hydrogens (tertiary/aromatic N) is 6. The second-order valence-corrected chi connectivity index (χ2v) is 9.30. The molecule has 3 heterocycles. The summed E-state index contributed by atoms with van der Waals surface area (Å²) in [5, 5.41) is 4.33. The van der Waals surface area contributed by atoms with Crippen LogP contribution < -0.4 is 0 Å². The van der Waals surface area contributed by atoms with Gasteiger partial charge in [-0.2, -0.15) is 22.1 Å². The van der Waals surface area contributed by atoms with Gasteiger partial charge < -0.3 is 0 Å². The summed E-state index contributed by atoms with van der Waals surface area (Å²) in [7, 11) is -0.202. The first-order chi connectivity index (χ1) is 12.3. The molecule has 1 unspecified atom stereocenters. The van der Waals surface area contributed by atoms with Gasteiger partial charge in [-0.15, -0.1) is 0 Å². The van der Waals surface area contributed by atoms with Gasteiger partial charge >= 0.3 is 0 Å². The Morgan fingerprint density at radius 3 is 2.65 bits per heavy atom. The Bertz CT molecular complexity index is 844. The third-order valence-corrected chi connectivity index (χ3v) is 6.57. The minimum atomic E-state index is -3.33. The summed E-state index contributed by atoms with van der Waals surface area (Å²) in [6.07, 6.45) is 6.90. The molecular weight excluding hydrogens is 352 g/mol. The van der Waals surface area contributed by atoms with E-state index in [0.29, 0.717) is 13.1 Å². The molecule has 0 aromatic carbocycles. The van der Waals surface area contributed by atoms with Crippen LogP contribution in [0.3, 0.4) is 0 Å². The summed E-state index contributed by atoms with van der Waals surface area (Å²) in [4.78, 5) is 9.08. The molecule has 0 spiro atoms. The van der Waals surface area contributed by atoms with E-state index in [1.807, 2.05) is 10.7 Å². The van der Waals surface area contributed by atoms with E-state index in [2.05, 4.69) is 28.9 Å². The van der Waals surface area contributed by atoms with Gasteiger partial charge in [-0.3, -0.25) is 14.6 Å². The largest absolute Gasteiger partial charge is 0.281 e. The normalized spacial score (nSPS) is 18.9. The fraction of sp³-hybridized carbons (Fsp3) is 0.588. The summed E-state index contributed by atoms with van der Waals surface area (Å²) in [6, 6.07) is 2.19. The average Bonchev–Trinajstić information content (AvgIpc) is 3.25. The molecule has 1 fully saturated rings. The van der Waals surface area contributed by atoms with Crippen LogP contribution in [0.15, 0.2) is 24.7 Å². The third-order valence-electron chi connectivity index (χ3n) is 4.66. The molecule has 0 amide bonds. The van der Waals surface area contributed by atoms with Crippen molar-refractivity contribution in [1.82, 2.24) is 28.4 Å². The van der Waals surface area contributed by atoms with Crippen molar-refractivity contribution >= 4 is 10.2 Å². The Morgan fingerprint density at radius 1 is 1.27 bits per heavy atom. The summed E-state index contributed by atoms with van der Waals surface area (Å²) in [6.45, 7) is 5.24. The zero-order valence-electron chi connectivity index (χ0n) is 15.7. The maximum atomic E-state index is 12.2. The highest BCUT2D eigenvalue weighted by Gasteiger charge is 2.32. The molecule has 142 valence electrons. The van der Waals surface area contributed by atoms with Gasteiger partial charge in [0.1, 0.15) is 5.69 Å². The van der Waals surface area contributed by atoms with Crippen molar-refractivity contribution in [2.45, 2.75) is 32.7 Å². The van der Waals surface area contributed by atoms with Crippen LogP contribution in [-0.4, -0.2) is 64.0 Å². The van der Waals surface area contributed by atoms with Crippen molar-refractivity contribution in [2.75, 3.05) is 27.2 Å². The van der Waals surface area contributed by atoms with Crippen LogP contribution in [0, 0.1) is 5.92 Å². The van der Waals surface area contributed by atoms with E-state index in [1.54, 1.807) is 37.0 Å².